The number of halogens is 2. The zero-order chi connectivity index (χ0) is 14.4. The lowest BCUT2D eigenvalue weighted by molar-refractivity contribution is 0.132. The number of benzene rings is 1. The summed E-state index contributed by atoms with van der Waals surface area (Å²) in [5.41, 5.74) is 6.91. The van der Waals surface area contributed by atoms with E-state index in [4.69, 9.17) is 15.2 Å². The first kappa shape index (κ1) is 19.5. The topological polar surface area (TPSA) is 64.7 Å². The predicted molar refractivity (Wildman–Crippen MR) is 87.0 cm³/mol. The highest BCUT2D eigenvalue weighted by Crippen LogP contribution is 2.37. The second kappa shape index (κ2) is 9.45. The lowest BCUT2D eigenvalue weighted by Gasteiger charge is -2.21. The Hall–Kier alpha value is -0.490. The van der Waals surface area contributed by atoms with Crippen LogP contribution in [0.2, 0.25) is 0 Å². The molecule has 0 amide bonds. The lowest BCUT2D eigenvalue weighted by Crippen LogP contribution is -2.26. The van der Waals surface area contributed by atoms with Crippen LogP contribution in [0.4, 0.5) is 0 Å². The Labute approximate surface area is 135 Å². The summed E-state index contributed by atoms with van der Waals surface area (Å²) < 4.78 is 11.3. The number of methoxy groups -OCH3 is 2. The molecule has 0 aliphatic heterocycles. The Balaban J connectivity index is 0.00000361. The molecular weight excluding hydrogens is 346 g/mol. The fraction of sp³-hybridized carbons (Fsp3) is 0.571. The van der Waals surface area contributed by atoms with Crippen LogP contribution in [0.15, 0.2) is 16.6 Å². The van der Waals surface area contributed by atoms with Crippen molar-refractivity contribution in [3.05, 3.63) is 22.2 Å². The first-order chi connectivity index (χ1) is 9.04. The van der Waals surface area contributed by atoms with Crippen molar-refractivity contribution in [3.63, 3.8) is 0 Å². The molecule has 6 heteroatoms. The zero-order valence-electron chi connectivity index (χ0n) is 12.1. The molecule has 1 aromatic rings. The average molecular weight is 369 g/mol. The number of hydrogen-bond acceptors (Lipinski definition) is 4. The summed E-state index contributed by atoms with van der Waals surface area (Å²) in [7, 11) is 3.17. The van der Waals surface area contributed by atoms with Gasteiger partial charge in [0, 0.05) is 0 Å². The van der Waals surface area contributed by atoms with Gasteiger partial charge in [-0.3, -0.25) is 0 Å². The Bertz CT molecular complexity index is 392. The van der Waals surface area contributed by atoms with Crippen LogP contribution in [0.25, 0.3) is 0 Å². The molecule has 1 aromatic carbocycles. The molecule has 0 unspecified atom stereocenters. The maximum atomic E-state index is 10.1. The van der Waals surface area contributed by atoms with Crippen molar-refractivity contribution < 1.29 is 14.6 Å². The molecule has 0 saturated heterocycles. The number of rotatable bonds is 7. The van der Waals surface area contributed by atoms with Crippen molar-refractivity contribution in [2.45, 2.75) is 38.3 Å². The fourth-order valence-corrected chi connectivity index (χ4v) is 2.45. The largest absolute Gasteiger partial charge is 0.495 e. The van der Waals surface area contributed by atoms with Gasteiger partial charge in [-0.05, 0) is 40.0 Å². The fourth-order valence-electron chi connectivity index (χ4n) is 1.90. The third kappa shape index (κ3) is 4.81. The molecule has 0 bridgehead atoms. The van der Waals surface area contributed by atoms with Crippen LogP contribution in [0.5, 0.6) is 11.5 Å². The van der Waals surface area contributed by atoms with Gasteiger partial charge in [0.25, 0.3) is 0 Å². The van der Waals surface area contributed by atoms with E-state index in [2.05, 4.69) is 22.9 Å². The highest BCUT2D eigenvalue weighted by molar-refractivity contribution is 9.10. The zero-order valence-corrected chi connectivity index (χ0v) is 14.5. The number of aliphatic hydroxyl groups excluding tert-OH is 1. The van der Waals surface area contributed by atoms with E-state index in [0.29, 0.717) is 17.9 Å². The summed E-state index contributed by atoms with van der Waals surface area (Å²) in [6, 6.07) is 3.21. The lowest BCUT2D eigenvalue weighted by atomic mass is 9.98. The highest BCUT2D eigenvalue weighted by atomic mass is 79.9. The minimum absolute atomic E-state index is 0. The van der Waals surface area contributed by atoms with E-state index in [1.807, 2.05) is 12.1 Å². The van der Waals surface area contributed by atoms with Gasteiger partial charge in [-0.1, -0.05) is 19.8 Å². The molecule has 2 atom stereocenters. The van der Waals surface area contributed by atoms with Crippen molar-refractivity contribution in [1.82, 2.24) is 0 Å². The predicted octanol–water partition coefficient (Wildman–Crippen LogP) is 3.44. The molecule has 0 radical (unpaired) electrons. The third-order valence-corrected chi connectivity index (χ3v) is 3.90. The van der Waals surface area contributed by atoms with E-state index in [0.717, 1.165) is 22.9 Å². The van der Waals surface area contributed by atoms with Gasteiger partial charge in [-0.15, -0.1) is 12.4 Å². The van der Waals surface area contributed by atoms with Gasteiger partial charge in [0.1, 0.15) is 16.0 Å². The number of unbranched alkanes of at least 4 members (excludes halogenated alkanes) is 1. The summed E-state index contributed by atoms with van der Waals surface area (Å²) in [5, 5.41) is 10.1. The summed E-state index contributed by atoms with van der Waals surface area (Å²) >= 11 is 3.41. The van der Waals surface area contributed by atoms with Gasteiger partial charge < -0.3 is 20.3 Å². The van der Waals surface area contributed by atoms with Crippen molar-refractivity contribution in [2.75, 3.05) is 14.2 Å². The van der Waals surface area contributed by atoms with Gasteiger partial charge in [0.15, 0.2) is 0 Å². The van der Waals surface area contributed by atoms with Gasteiger partial charge in [-0.2, -0.15) is 0 Å². The standard InChI is InChI=1S/C14H22BrNO3.ClH/c1-4-5-6-10(17)14(16)9-7-11(18-2)13(15)12(8-9)19-3;/h7-8,10,14,17H,4-6,16H2,1-3H3;1H/t10-,14+;/m1./s1. The van der Waals surface area contributed by atoms with Crippen molar-refractivity contribution in [2.24, 2.45) is 5.73 Å². The molecule has 0 fully saturated rings. The SMILES string of the molecule is CCCC[C@@H](O)[C@@H](N)c1cc(OC)c(Br)c(OC)c1.Cl. The van der Waals surface area contributed by atoms with Gasteiger partial charge in [0.2, 0.25) is 0 Å². The highest BCUT2D eigenvalue weighted by Gasteiger charge is 2.20. The molecule has 0 aliphatic carbocycles. The first-order valence-corrected chi connectivity index (χ1v) is 7.19. The van der Waals surface area contributed by atoms with Crippen LogP contribution in [0, 0.1) is 0 Å². The van der Waals surface area contributed by atoms with E-state index >= 15 is 0 Å². The summed E-state index contributed by atoms with van der Waals surface area (Å²) in [6.45, 7) is 2.09. The summed E-state index contributed by atoms with van der Waals surface area (Å²) in [5.74, 6) is 1.29. The Morgan fingerprint density at radius 3 is 2.15 bits per heavy atom. The molecule has 1 rings (SSSR count). The number of hydrogen-bond donors (Lipinski definition) is 2. The molecular formula is C14H23BrClNO3. The summed E-state index contributed by atoms with van der Waals surface area (Å²) in [4.78, 5) is 0. The van der Waals surface area contributed by atoms with Crippen LogP contribution in [-0.4, -0.2) is 25.4 Å². The molecule has 3 N–H and O–H groups in total. The van der Waals surface area contributed by atoms with Gasteiger partial charge >= 0.3 is 0 Å². The van der Waals surface area contributed by atoms with Crippen LogP contribution >= 0.6 is 28.3 Å². The molecule has 0 aromatic heterocycles. The molecule has 116 valence electrons. The second-order valence-electron chi connectivity index (χ2n) is 4.47. The Morgan fingerprint density at radius 2 is 1.75 bits per heavy atom. The molecule has 20 heavy (non-hydrogen) atoms. The van der Waals surface area contributed by atoms with Crippen LogP contribution in [0.3, 0.4) is 0 Å². The maximum absolute atomic E-state index is 10.1. The first-order valence-electron chi connectivity index (χ1n) is 6.40. The van der Waals surface area contributed by atoms with Gasteiger partial charge in [0.05, 0.1) is 26.4 Å². The van der Waals surface area contributed by atoms with Crippen LogP contribution < -0.4 is 15.2 Å². The molecule has 0 saturated carbocycles. The number of aliphatic hydroxyl groups is 1. The van der Waals surface area contributed by atoms with Crippen LogP contribution in [-0.2, 0) is 0 Å². The molecule has 0 heterocycles. The smallest absolute Gasteiger partial charge is 0.137 e. The molecule has 0 spiro atoms. The normalized spacial score (nSPS) is 13.3. The minimum atomic E-state index is -0.560. The van der Waals surface area contributed by atoms with E-state index in [9.17, 15) is 5.11 Å². The van der Waals surface area contributed by atoms with Crippen molar-refractivity contribution in [1.29, 1.82) is 0 Å². The van der Waals surface area contributed by atoms with Crippen molar-refractivity contribution in [3.8, 4) is 11.5 Å². The summed E-state index contributed by atoms with van der Waals surface area (Å²) in [6.07, 6.45) is 2.13. The third-order valence-electron chi connectivity index (χ3n) is 3.12. The number of nitrogens with two attached hydrogens (primary N) is 1. The van der Waals surface area contributed by atoms with E-state index in [1.165, 1.54) is 0 Å². The van der Waals surface area contributed by atoms with E-state index in [1.54, 1.807) is 14.2 Å². The monoisotopic (exact) mass is 367 g/mol. The Morgan fingerprint density at radius 1 is 1.25 bits per heavy atom. The maximum Gasteiger partial charge on any atom is 0.137 e. The van der Waals surface area contributed by atoms with E-state index in [-0.39, 0.29) is 12.4 Å². The minimum Gasteiger partial charge on any atom is -0.495 e. The molecule has 4 nitrogen and oxygen atoms in total. The van der Waals surface area contributed by atoms with Crippen molar-refractivity contribution >= 4 is 28.3 Å². The second-order valence-corrected chi connectivity index (χ2v) is 5.27. The number of ether oxygens (including phenoxy) is 2. The quantitative estimate of drug-likeness (QED) is 0.774. The average Bonchev–Trinajstić information content (AvgIpc) is 2.44. The van der Waals surface area contributed by atoms with Crippen LogP contribution in [0.1, 0.15) is 37.8 Å². The van der Waals surface area contributed by atoms with Gasteiger partial charge in [-0.25, -0.2) is 0 Å². The molecule has 0 aliphatic rings. The Kier molecular flexibility index (Phi) is 9.22. The van der Waals surface area contributed by atoms with E-state index < -0.39 is 12.1 Å².